The first-order valence-electron chi connectivity index (χ1n) is 6.42. The molecule has 104 valence electrons. The van der Waals surface area contributed by atoms with Crippen molar-refractivity contribution in [3.8, 4) is 5.75 Å². The highest BCUT2D eigenvalue weighted by Gasteiger charge is 2.25. The third kappa shape index (κ3) is 2.60. The van der Waals surface area contributed by atoms with Gasteiger partial charge >= 0.3 is 0 Å². The Hall–Kier alpha value is -2.75. The molecular weight excluding hydrogens is 271 g/mol. The summed E-state index contributed by atoms with van der Waals surface area (Å²) in [7, 11) is 0. The molecule has 0 unspecified atom stereocenters. The van der Waals surface area contributed by atoms with Gasteiger partial charge in [-0.25, -0.2) is 4.39 Å². The number of ketones is 2. The van der Waals surface area contributed by atoms with E-state index in [2.05, 4.69) is 0 Å². The smallest absolute Gasteiger partial charge is 0.193 e. The number of benzene rings is 2. The Labute approximate surface area is 120 Å². The molecule has 0 spiro atoms. The topological polar surface area (TPSA) is 43.4 Å². The molecule has 0 bridgehead atoms. The molecule has 2 aromatic rings. The summed E-state index contributed by atoms with van der Waals surface area (Å²) in [6.45, 7) is -0.0671. The predicted octanol–water partition coefficient (Wildman–Crippen LogP) is 3.21. The Morgan fingerprint density at radius 3 is 2.48 bits per heavy atom. The van der Waals surface area contributed by atoms with Crippen molar-refractivity contribution in [1.82, 2.24) is 0 Å². The maximum Gasteiger partial charge on any atom is 0.193 e. The van der Waals surface area contributed by atoms with E-state index >= 15 is 0 Å². The summed E-state index contributed by atoms with van der Waals surface area (Å²) in [6.07, 6.45) is 1.28. The third-order valence-corrected chi connectivity index (χ3v) is 3.22. The predicted molar refractivity (Wildman–Crippen MR) is 75.1 cm³/mol. The Kier molecular flexibility index (Phi) is 3.36. The molecule has 0 saturated heterocycles. The van der Waals surface area contributed by atoms with Crippen LogP contribution in [0.3, 0.4) is 0 Å². The molecule has 0 atom stereocenters. The zero-order chi connectivity index (χ0) is 14.8. The summed E-state index contributed by atoms with van der Waals surface area (Å²) in [6, 6.07) is 12.3. The summed E-state index contributed by atoms with van der Waals surface area (Å²) in [4.78, 5) is 24.2. The highest BCUT2D eigenvalue weighted by molar-refractivity contribution is 6.24. The van der Waals surface area contributed by atoms with Crippen LogP contribution >= 0.6 is 0 Å². The Morgan fingerprint density at radius 2 is 1.71 bits per heavy atom. The number of allylic oxidation sites excluding steroid dienone is 1. The minimum Gasteiger partial charge on any atom is -0.489 e. The highest BCUT2D eigenvalue weighted by Crippen LogP contribution is 2.22. The molecule has 0 radical (unpaired) electrons. The van der Waals surface area contributed by atoms with Crippen LogP contribution in [0.15, 0.2) is 60.2 Å². The standard InChI is InChI=1S/C17H11FO3/c18-12-4-3-5-13(9-12)21-10-11-8-16(19)14-6-1-2-7-15(14)17(11)20/h1-9H,10H2. The van der Waals surface area contributed by atoms with Gasteiger partial charge in [-0.3, -0.25) is 9.59 Å². The number of hydrogen-bond donors (Lipinski definition) is 0. The normalized spacial score (nSPS) is 13.7. The molecule has 21 heavy (non-hydrogen) atoms. The van der Waals surface area contributed by atoms with E-state index in [0.717, 1.165) is 0 Å². The quantitative estimate of drug-likeness (QED) is 0.868. The number of hydrogen-bond acceptors (Lipinski definition) is 3. The summed E-state index contributed by atoms with van der Waals surface area (Å²) in [5.74, 6) is -0.558. The van der Waals surface area contributed by atoms with Gasteiger partial charge in [-0.1, -0.05) is 30.3 Å². The minimum absolute atomic E-state index is 0.0671. The largest absolute Gasteiger partial charge is 0.489 e. The second-order valence-electron chi connectivity index (χ2n) is 4.65. The zero-order valence-corrected chi connectivity index (χ0v) is 11.0. The van der Waals surface area contributed by atoms with Crippen molar-refractivity contribution in [3.05, 3.63) is 77.1 Å². The first kappa shape index (κ1) is 13.2. The summed E-state index contributed by atoms with van der Waals surface area (Å²) in [5.41, 5.74) is 1.04. The van der Waals surface area contributed by atoms with Gasteiger partial charge < -0.3 is 4.74 Å². The van der Waals surface area contributed by atoms with Crippen molar-refractivity contribution >= 4 is 11.6 Å². The number of rotatable bonds is 3. The van der Waals surface area contributed by atoms with Gasteiger partial charge in [-0.05, 0) is 18.2 Å². The maximum atomic E-state index is 13.1. The van der Waals surface area contributed by atoms with Crippen molar-refractivity contribution in [2.24, 2.45) is 0 Å². The van der Waals surface area contributed by atoms with E-state index in [1.54, 1.807) is 30.3 Å². The van der Waals surface area contributed by atoms with E-state index in [-0.39, 0.29) is 23.7 Å². The van der Waals surface area contributed by atoms with Gasteiger partial charge in [0.1, 0.15) is 18.2 Å². The summed E-state index contributed by atoms with van der Waals surface area (Å²) in [5, 5.41) is 0. The molecule has 0 fully saturated rings. The summed E-state index contributed by atoms with van der Waals surface area (Å²) >= 11 is 0. The van der Waals surface area contributed by atoms with E-state index in [0.29, 0.717) is 16.9 Å². The number of carbonyl (C=O) groups excluding carboxylic acids is 2. The molecule has 0 saturated carbocycles. The number of halogens is 1. The Bertz CT molecular complexity index is 762. The SMILES string of the molecule is O=C1C=C(COc2cccc(F)c2)C(=O)c2ccccc21. The maximum absolute atomic E-state index is 13.1. The molecule has 4 heteroatoms. The number of fused-ring (bicyclic) bond motifs is 1. The van der Waals surface area contributed by atoms with Crippen LogP contribution < -0.4 is 4.74 Å². The van der Waals surface area contributed by atoms with E-state index in [1.807, 2.05) is 0 Å². The number of Topliss-reactive ketones (excluding diaryl/α,β-unsaturated/α-hetero) is 1. The van der Waals surface area contributed by atoms with Crippen molar-refractivity contribution in [3.63, 3.8) is 0 Å². The van der Waals surface area contributed by atoms with Crippen LogP contribution in [-0.4, -0.2) is 18.2 Å². The second-order valence-corrected chi connectivity index (χ2v) is 4.65. The van der Waals surface area contributed by atoms with Crippen LogP contribution in [0.5, 0.6) is 5.75 Å². The van der Waals surface area contributed by atoms with Gasteiger partial charge in [0.25, 0.3) is 0 Å². The lowest BCUT2D eigenvalue weighted by atomic mass is 9.90. The van der Waals surface area contributed by atoms with Crippen molar-refractivity contribution in [2.75, 3.05) is 6.61 Å². The Balaban J connectivity index is 1.81. The highest BCUT2D eigenvalue weighted by atomic mass is 19.1. The average molecular weight is 282 g/mol. The lowest BCUT2D eigenvalue weighted by Crippen LogP contribution is -2.20. The number of carbonyl (C=O) groups is 2. The first-order chi connectivity index (χ1) is 10.1. The van der Waals surface area contributed by atoms with Gasteiger partial charge in [-0.2, -0.15) is 0 Å². The van der Waals surface area contributed by atoms with Crippen LogP contribution in [0.1, 0.15) is 20.7 Å². The van der Waals surface area contributed by atoms with E-state index < -0.39 is 5.82 Å². The van der Waals surface area contributed by atoms with Gasteiger partial charge in [-0.15, -0.1) is 0 Å². The number of ether oxygens (including phenoxy) is 1. The fourth-order valence-electron chi connectivity index (χ4n) is 2.20. The fraction of sp³-hybridized carbons (Fsp3) is 0.0588. The Morgan fingerprint density at radius 1 is 0.952 bits per heavy atom. The monoisotopic (exact) mass is 282 g/mol. The van der Waals surface area contributed by atoms with Gasteiger partial charge in [0, 0.05) is 22.8 Å². The summed E-state index contributed by atoms with van der Waals surface area (Å²) < 4.78 is 18.4. The van der Waals surface area contributed by atoms with Gasteiger partial charge in [0.15, 0.2) is 11.6 Å². The van der Waals surface area contributed by atoms with Crippen LogP contribution in [0, 0.1) is 5.82 Å². The molecule has 3 nitrogen and oxygen atoms in total. The molecule has 0 N–H and O–H groups in total. The molecule has 2 aromatic carbocycles. The molecule has 1 aliphatic carbocycles. The van der Waals surface area contributed by atoms with E-state index in [1.165, 1.54) is 24.3 Å². The van der Waals surface area contributed by atoms with E-state index in [9.17, 15) is 14.0 Å². The lowest BCUT2D eigenvalue weighted by Gasteiger charge is -2.15. The molecule has 3 rings (SSSR count). The van der Waals surface area contributed by atoms with Gasteiger partial charge in [0.2, 0.25) is 0 Å². The van der Waals surface area contributed by atoms with Crippen molar-refractivity contribution in [1.29, 1.82) is 0 Å². The lowest BCUT2D eigenvalue weighted by molar-refractivity contribution is 0.0974. The second kappa shape index (κ2) is 5.32. The molecule has 0 aromatic heterocycles. The van der Waals surface area contributed by atoms with Crippen LogP contribution in [0.4, 0.5) is 4.39 Å². The van der Waals surface area contributed by atoms with E-state index in [4.69, 9.17) is 4.74 Å². The first-order valence-corrected chi connectivity index (χ1v) is 6.42. The average Bonchev–Trinajstić information content (AvgIpc) is 2.50. The molecule has 0 aliphatic heterocycles. The molecule has 0 heterocycles. The third-order valence-electron chi connectivity index (χ3n) is 3.22. The van der Waals surface area contributed by atoms with Crippen molar-refractivity contribution in [2.45, 2.75) is 0 Å². The van der Waals surface area contributed by atoms with Crippen LogP contribution in [0.2, 0.25) is 0 Å². The van der Waals surface area contributed by atoms with Crippen molar-refractivity contribution < 1.29 is 18.7 Å². The zero-order valence-electron chi connectivity index (χ0n) is 11.0. The minimum atomic E-state index is -0.419. The molecular formula is C17H11FO3. The molecule has 1 aliphatic rings. The van der Waals surface area contributed by atoms with Crippen LogP contribution in [-0.2, 0) is 0 Å². The molecule has 0 amide bonds. The van der Waals surface area contributed by atoms with Crippen LogP contribution in [0.25, 0.3) is 0 Å². The fourth-order valence-corrected chi connectivity index (χ4v) is 2.20. The van der Waals surface area contributed by atoms with Gasteiger partial charge in [0.05, 0.1) is 0 Å².